The van der Waals surface area contributed by atoms with Crippen LogP contribution in [0.25, 0.3) is 0 Å². The van der Waals surface area contributed by atoms with Crippen molar-refractivity contribution in [3.05, 3.63) is 28.8 Å². The minimum Gasteiger partial charge on any atom is -0.314 e. The van der Waals surface area contributed by atoms with Crippen molar-refractivity contribution in [2.45, 2.75) is 37.7 Å². The van der Waals surface area contributed by atoms with Crippen molar-refractivity contribution in [2.24, 2.45) is 10.9 Å². The van der Waals surface area contributed by atoms with Gasteiger partial charge in [0.25, 0.3) is 0 Å². The lowest BCUT2D eigenvalue weighted by atomic mass is 10.1. The van der Waals surface area contributed by atoms with Crippen molar-refractivity contribution in [1.29, 1.82) is 0 Å². The molecule has 0 aliphatic carbocycles. The number of sulfone groups is 1. The lowest BCUT2D eigenvalue weighted by molar-refractivity contribution is -0.137. The monoisotopic (exact) mass is 454 g/mol. The van der Waals surface area contributed by atoms with Crippen molar-refractivity contribution in [1.82, 2.24) is 0 Å². The number of alkyl halides is 3. The van der Waals surface area contributed by atoms with Gasteiger partial charge in [-0.25, -0.2) is 8.42 Å². The van der Waals surface area contributed by atoms with E-state index in [-0.39, 0.29) is 39.7 Å². The molecule has 2 heterocycles. The van der Waals surface area contributed by atoms with Gasteiger partial charge in [0, 0.05) is 11.7 Å². The Morgan fingerprint density at radius 3 is 2.64 bits per heavy atom. The third-order valence-electron chi connectivity index (χ3n) is 4.40. The number of aliphatic imine (C=N–C) groups is 1. The van der Waals surface area contributed by atoms with Gasteiger partial charge in [-0.05, 0) is 24.1 Å². The van der Waals surface area contributed by atoms with Crippen molar-refractivity contribution in [3.8, 4) is 0 Å². The molecule has 3 rings (SSSR count). The number of hydrogen-bond donors (Lipinski definition) is 0. The Labute approximate surface area is 170 Å². The fourth-order valence-corrected chi connectivity index (χ4v) is 7.35. The van der Waals surface area contributed by atoms with Crippen LogP contribution >= 0.6 is 23.4 Å². The first-order chi connectivity index (χ1) is 12.9. The minimum atomic E-state index is -4.59. The number of carbonyl (C=O) groups is 1. The van der Waals surface area contributed by atoms with Crippen LogP contribution in [0.1, 0.15) is 25.8 Å². The first kappa shape index (κ1) is 21.4. The zero-order valence-electron chi connectivity index (χ0n) is 15.0. The molecule has 0 aromatic heterocycles. The van der Waals surface area contributed by atoms with Gasteiger partial charge in [-0.1, -0.05) is 37.2 Å². The highest BCUT2D eigenvalue weighted by Gasteiger charge is 2.50. The molecule has 0 saturated carbocycles. The first-order valence-corrected chi connectivity index (χ1v) is 11.6. The zero-order valence-corrected chi connectivity index (χ0v) is 17.4. The van der Waals surface area contributed by atoms with Gasteiger partial charge in [-0.15, -0.1) is 0 Å². The largest absolute Gasteiger partial charge is 0.416 e. The predicted molar refractivity (Wildman–Crippen MR) is 105 cm³/mol. The second kappa shape index (κ2) is 7.53. The number of rotatable bonds is 3. The van der Waals surface area contributed by atoms with E-state index in [9.17, 15) is 26.4 Å². The molecule has 2 saturated heterocycles. The van der Waals surface area contributed by atoms with Gasteiger partial charge in [0.1, 0.15) is 0 Å². The molecule has 5 nitrogen and oxygen atoms in total. The Bertz CT molecular complexity index is 932. The van der Waals surface area contributed by atoms with Crippen LogP contribution in [0.15, 0.2) is 23.2 Å². The summed E-state index contributed by atoms with van der Waals surface area (Å²) in [6.07, 6.45) is -4.40. The summed E-state index contributed by atoms with van der Waals surface area (Å²) in [6, 6.07) is 2.23. The maximum absolute atomic E-state index is 13.2. The number of benzene rings is 1. The van der Waals surface area contributed by atoms with E-state index < -0.39 is 38.8 Å². The Hall–Kier alpha value is -1.26. The second-order valence-corrected chi connectivity index (χ2v) is 11.0. The van der Waals surface area contributed by atoms with Crippen LogP contribution in [0.5, 0.6) is 0 Å². The Morgan fingerprint density at radius 1 is 1.36 bits per heavy atom. The van der Waals surface area contributed by atoms with Crippen LogP contribution in [0.2, 0.25) is 5.02 Å². The molecule has 0 bridgehead atoms. The molecule has 1 aromatic carbocycles. The Kier molecular flexibility index (Phi) is 5.77. The standard InChI is InChI=1S/C17H18ClF3N2O3S2/c1-9(2)5-15(24)22-16-23(13-7-28(25,26)8-14(13)27-16)12-6-10(17(19,20)21)3-4-11(12)18/h3-4,6,9,13-14H,5,7-8H2,1-2H3/t13-,14+/m0/s1. The maximum atomic E-state index is 13.2. The zero-order chi connectivity index (χ0) is 20.9. The SMILES string of the molecule is CC(C)CC(=O)N=C1S[C@@H]2CS(=O)(=O)C[C@@H]2N1c1cc(C(F)(F)F)ccc1Cl. The summed E-state index contributed by atoms with van der Waals surface area (Å²) in [5.41, 5.74) is -0.904. The molecule has 1 amide bonds. The van der Waals surface area contributed by atoms with Crippen LogP contribution in [-0.2, 0) is 20.8 Å². The van der Waals surface area contributed by atoms with Crippen LogP contribution < -0.4 is 4.90 Å². The number of thioether (sulfide) groups is 1. The van der Waals surface area contributed by atoms with Gasteiger partial charge in [-0.3, -0.25) is 4.79 Å². The quantitative estimate of drug-likeness (QED) is 0.690. The molecule has 2 atom stereocenters. The molecule has 11 heteroatoms. The molecule has 0 unspecified atom stereocenters. The smallest absolute Gasteiger partial charge is 0.314 e. The maximum Gasteiger partial charge on any atom is 0.416 e. The van der Waals surface area contributed by atoms with Gasteiger partial charge in [0.05, 0.1) is 33.8 Å². The number of nitrogens with zero attached hydrogens (tertiary/aromatic N) is 2. The fourth-order valence-electron chi connectivity index (χ4n) is 3.22. The fraction of sp³-hybridized carbons (Fsp3) is 0.529. The average Bonchev–Trinajstić information content (AvgIpc) is 2.97. The third-order valence-corrected chi connectivity index (χ3v) is 7.93. The number of hydrogen-bond acceptors (Lipinski definition) is 4. The predicted octanol–water partition coefficient (Wildman–Crippen LogP) is 4.01. The first-order valence-electron chi connectivity index (χ1n) is 8.52. The van der Waals surface area contributed by atoms with Crippen molar-refractivity contribution in [3.63, 3.8) is 0 Å². The van der Waals surface area contributed by atoms with Gasteiger partial charge in [0.2, 0.25) is 5.91 Å². The summed E-state index contributed by atoms with van der Waals surface area (Å²) in [5.74, 6) is -0.691. The molecule has 2 aliphatic rings. The normalized spacial score (nSPS) is 25.5. The molecule has 2 aliphatic heterocycles. The average molecular weight is 455 g/mol. The van der Waals surface area contributed by atoms with E-state index in [1.54, 1.807) is 0 Å². The lowest BCUT2D eigenvalue weighted by Crippen LogP contribution is -2.38. The highest BCUT2D eigenvalue weighted by molar-refractivity contribution is 8.16. The molecule has 0 spiro atoms. The summed E-state index contributed by atoms with van der Waals surface area (Å²) in [6.45, 7) is 3.70. The van der Waals surface area contributed by atoms with Gasteiger partial charge in [-0.2, -0.15) is 18.2 Å². The minimum absolute atomic E-state index is 0.00434. The topological polar surface area (TPSA) is 66.8 Å². The van der Waals surface area contributed by atoms with E-state index in [1.807, 2.05) is 13.8 Å². The van der Waals surface area contributed by atoms with Gasteiger partial charge >= 0.3 is 6.18 Å². The number of halogens is 4. The van der Waals surface area contributed by atoms with Crippen molar-refractivity contribution < 1.29 is 26.4 Å². The van der Waals surface area contributed by atoms with Crippen LogP contribution in [0.4, 0.5) is 18.9 Å². The van der Waals surface area contributed by atoms with Gasteiger partial charge in [0.15, 0.2) is 15.0 Å². The van der Waals surface area contributed by atoms with E-state index in [4.69, 9.17) is 11.6 Å². The van der Waals surface area contributed by atoms with Gasteiger partial charge < -0.3 is 4.90 Å². The number of carbonyl (C=O) groups excluding carboxylic acids is 1. The number of fused-ring (bicyclic) bond motifs is 1. The highest BCUT2D eigenvalue weighted by Crippen LogP contribution is 2.44. The molecule has 28 heavy (non-hydrogen) atoms. The summed E-state index contributed by atoms with van der Waals surface area (Å²) in [5, 5.41) is -0.194. The van der Waals surface area contributed by atoms with E-state index in [1.165, 1.54) is 4.90 Å². The molecular formula is C17H18ClF3N2O3S2. The van der Waals surface area contributed by atoms with E-state index in [0.717, 1.165) is 30.0 Å². The van der Waals surface area contributed by atoms with Crippen LogP contribution in [-0.4, -0.2) is 42.3 Å². The number of anilines is 1. The van der Waals surface area contributed by atoms with Crippen molar-refractivity contribution >= 4 is 50.0 Å². The molecular weight excluding hydrogens is 437 g/mol. The third kappa shape index (κ3) is 4.49. The number of amides is 1. The highest BCUT2D eigenvalue weighted by atomic mass is 35.5. The molecule has 0 N–H and O–H groups in total. The summed E-state index contributed by atoms with van der Waals surface area (Å²) >= 11 is 7.27. The molecule has 1 aromatic rings. The number of amidine groups is 1. The molecule has 2 fully saturated rings. The lowest BCUT2D eigenvalue weighted by Gasteiger charge is -2.26. The molecule has 0 radical (unpaired) electrons. The van der Waals surface area contributed by atoms with E-state index >= 15 is 0 Å². The summed E-state index contributed by atoms with van der Waals surface area (Å²) in [7, 11) is -3.34. The summed E-state index contributed by atoms with van der Waals surface area (Å²) < 4.78 is 63.6. The Morgan fingerprint density at radius 2 is 2.04 bits per heavy atom. The summed E-state index contributed by atoms with van der Waals surface area (Å²) in [4.78, 5) is 17.6. The van der Waals surface area contributed by atoms with Crippen LogP contribution in [0, 0.1) is 5.92 Å². The van der Waals surface area contributed by atoms with Crippen LogP contribution in [0.3, 0.4) is 0 Å². The van der Waals surface area contributed by atoms with Crippen molar-refractivity contribution in [2.75, 3.05) is 16.4 Å². The Balaban J connectivity index is 2.07. The second-order valence-electron chi connectivity index (χ2n) is 7.22. The van der Waals surface area contributed by atoms with E-state index in [0.29, 0.717) is 0 Å². The van der Waals surface area contributed by atoms with E-state index in [2.05, 4.69) is 4.99 Å². The molecule has 154 valence electrons.